The molecule has 184 valence electrons. The van der Waals surface area contributed by atoms with Crippen LogP contribution >= 0.6 is 23.1 Å². The van der Waals surface area contributed by atoms with Crippen molar-refractivity contribution in [2.24, 2.45) is 22.7 Å². The zero-order chi connectivity index (χ0) is 23.9. The molecule has 1 aromatic rings. The first-order valence-corrected chi connectivity index (χ1v) is 14.2. The van der Waals surface area contributed by atoms with E-state index in [2.05, 4.69) is 17.6 Å². The second-order valence-electron chi connectivity index (χ2n) is 10.3. The van der Waals surface area contributed by atoms with Crippen LogP contribution in [0.4, 0.5) is 5.00 Å². The Bertz CT molecular complexity index is 983. The second kappa shape index (κ2) is 9.64. The van der Waals surface area contributed by atoms with Crippen molar-refractivity contribution in [1.29, 1.82) is 0 Å². The van der Waals surface area contributed by atoms with Crippen LogP contribution in [0, 0.1) is 17.8 Å². The SMILES string of the molecule is CCCc1cc(C(=O)OCC)c(NC(=O)CC2SC(=NC34CC5CC(CC(C5)C3)C4)NC2=O)s1. The number of carbonyl (C=O) groups excluding carboxylic acids is 3. The number of nitrogens with one attached hydrogen (secondary N) is 2. The van der Waals surface area contributed by atoms with Crippen LogP contribution < -0.4 is 10.6 Å². The van der Waals surface area contributed by atoms with Crippen molar-refractivity contribution < 1.29 is 19.1 Å². The molecule has 1 aliphatic heterocycles. The molecule has 6 rings (SSSR count). The number of thiophene rings is 1. The fourth-order valence-electron chi connectivity index (χ4n) is 6.62. The summed E-state index contributed by atoms with van der Waals surface area (Å²) in [6.07, 6.45) is 9.28. The molecular weight excluding hydrogens is 470 g/mol. The van der Waals surface area contributed by atoms with E-state index in [9.17, 15) is 14.4 Å². The molecule has 0 radical (unpaired) electrons. The number of amides is 2. The van der Waals surface area contributed by atoms with Gasteiger partial charge in [-0.3, -0.25) is 14.6 Å². The summed E-state index contributed by atoms with van der Waals surface area (Å²) in [4.78, 5) is 44.0. The Morgan fingerprint density at radius 1 is 1.18 bits per heavy atom. The quantitative estimate of drug-likeness (QED) is 0.499. The Morgan fingerprint density at radius 3 is 2.47 bits per heavy atom. The van der Waals surface area contributed by atoms with Gasteiger partial charge in [0.25, 0.3) is 0 Å². The topological polar surface area (TPSA) is 96.9 Å². The lowest BCUT2D eigenvalue weighted by molar-refractivity contribution is -0.122. The van der Waals surface area contributed by atoms with Crippen molar-refractivity contribution in [3.8, 4) is 0 Å². The first-order chi connectivity index (χ1) is 16.4. The van der Waals surface area contributed by atoms with Crippen LogP contribution in [0.15, 0.2) is 11.1 Å². The van der Waals surface area contributed by atoms with Gasteiger partial charge in [0.2, 0.25) is 11.8 Å². The summed E-state index contributed by atoms with van der Waals surface area (Å²) in [5.74, 6) is 1.49. The minimum atomic E-state index is -0.506. The molecule has 2 N–H and O–H groups in total. The van der Waals surface area contributed by atoms with Crippen LogP contribution in [0.25, 0.3) is 0 Å². The minimum absolute atomic E-state index is 0.0112. The van der Waals surface area contributed by atoms with Gasteiger partial charge in [-0.2, -0.15) is 0 Å². The summed E-state index contributed by atoms with van der Waals surface area (Å²) >= 11 is 2.78. The molecule has 1 aromatic heterocycles. The summed E-state index contributed by atoms with van der Waals surface area (Å²) < 4.78 is 5.15. The summed E-state index contributed by atoms with van der Waals surface area (Å²) in [7, 11) is 0. The lowest BCUT2D eigenvalue weighted by Crippen LogP contribution is -2.50. The van der Waals surface area contributed by atoms with Gasteiger partial charge in [0.1, 0.15) is 10.3 Å². The molecule has 4 aliphatic carbocycles. The first-order valence-electron chi connectivity index (χ1n) is 12.5. The number of esters is 1. The number of aliphatic imine (C=N–C) groups is 1. The third kappa shape index (κ3) is 4.91. The maximum atomic E-state index is 12.8. The first kappa shape index (κ1) is 23.9. The molecule has 9 heteroatoms. The van der Waals surface area contributed by atoms with E-state index in [0.717, 1.165) is 54.7 Å². The van der Waals surface area contributed by atoms with E-state index in [1.165, 1.54) is 42.4 Å². The molecular formula is C25H33N3O4S2. The third-order valence-corrected chi connectivity index (χ3v) is 9.71. The van der Waals surface area contributed by atoms with E-state index < -0.39 is 11.2 Å². The van der Waals surface area contributed by atoms with E-state index in [4.69, 9.17) is 9.73 Å². The zero-order valence-electron chi connectivity index (χ0n) is 19.9. The lowest BCUT2D eigenvalue weighted by Gasteiger charge is -2.55. The Balaban J connectivity index is 1.23. The predicted molar refractivity (Wildman–Crippen MR) is 135 cm³/mol. The number of ether oxygens (including phenoxy) is 1. The number of carbonyl (C=O) groups is 3. The Morgan fingerprint density at radius 2 is 1.85 bits per heavy atom. The van der Waals surface area contributed by atoms with Crippen LogP contribution in [0.1, 0.15) is 80.4 Å². The summed E-state index contributed by atoms with van der Waals surface area (Å²) in [5.41, 5.74) is 0.374. The van der Waals surface area contributed by atoms with Gasteiger partial charge in [-0.25, -0.2) is 4.79 Å². The van der Waals surface area contributed by atoms with E-state index in [1.54, 1.807) is 13.0 Å². The average molecular weight is 504 g/mol. The molecule has 0 spiro atoms. The molecule has 2 amide bonds. The molecule has 1 atom stereocenters. The van der Waals surface area contributed by atoms with Crippen molar-refractivity contribution in [2.45, 2.75) is 82.4 Å². The highest BCUT2D eigenvalue weighted by Gasteiger charge is 2.51. The number of thioether (sulfide) groups is 1. The molecule has 7 nitrogen and oxygen atoms in total. The molecule has 5 aliphatic rings. The minimum Gasteiger partial charge on any atom is -0.462 e. The zero-order valence-corrected chi connectivity index (χ0v) is 21.5. The molecule has 0 aromatic carbocycles. The van der Waals surface area contributed by atoms with E-state index in [0.29, 0.717) is 15.7 Å². The third-order valence-electron chi connectivity index (χ3n) is 7.52. The van der Waals surface area contributed by atoms with Crippen molar-refractivity contribution >= 4 is 51.1 Å². The number of hydrogen-bond donors (Lipinski definition) is 2. The predicted octanol–water partition coefficient (Wildman–Crippen LogP) is 4.76. The lowest BCUT2D eigenvalue weighted by atomic mass is 9.53. The van der Waals surface area contributed by atoms with Gasteiger partial charge in [0.15, 0.2) is 5.17 Å². The Hall–Kier alpha value is -1.87. The van der Waals surface area contributed by atoms with Gasteiger partial charge >= 0.3 is 5.97 Å². The molecule has 1 saturated heterocycles. The highest BCUT2D eigenvalue weighted by molar-refractivity contribution is 8.15. The number of amidine groups is 1. The number of rotatable bonds is 8. The van der Waals surface area contributed by atoms with Gasteiger partial charge < -0.3 is 15.4 Å². The monoisotopic (exact) mass is 503 g/mol. The van der Waals surface area contributed by atoms with E-state index in [-0.39, 0.29) is 30.4 Å². The van der Waals surface area contributed by atoms with Crippen LogP contribution in [0.5, 0.6) is 0 Å². The number of hydrogen-bond acceptors (Lipinski definition) is 7. The van der Waals surface area contributed by atoms with Gasteiger partial charge in [0, 0.05) is 11.3 Å². The molecule has 2 heterocycles. The van der Waals surface area contributed by atoms with Crippen LogP contribution in [-0.2, 0) is 20.7 Å². The normalized spacial score (nSPS) is 32.8. The van der Waals surface area contributed by atoms with Crippen molar-refractivity contribution in [3.63, 3.8) is 0 Å². The van der Waals surface area contributed by atoms with Crippen molar-refractivity contribution in [3.05, 3.63) is 16.5 Å². The molecule has 5 fully saturated rings. The smallest absolute Gasteiger partial charge is 0.341 e. The Kier molecular flexibility index (Phi) is 6.77. The molecule has 34 heavy (non-hydrogen) atoms. The van der Waals surface area contributed by atoms with E-state index >= 15 is 0 Å². The molecule has 4 saturated carbocycles. The maximum absolute atomic E-state index is 12.8. The summed E-state index contributed by atoms with van der Waals surface area (Å²) in [5, 5.41) is 6.47. The largest absolute Gasteiger partial charge is 0.462 e. The Labute approximate surface area is 208 Å². The summed E-state index contributed by atoms with van der Waals surface area (Å²) in [6, 6.07) is 1.80. The van der Waals surface area contributed by atoms with Crippen LogP contribution in [-0.4, -0.2) is 40.3 Å². The highest BCUT2D eigenvalue weighted by Crippen LogP contribution is 2.57. The van der Waals surface area contributed by atoms with Crippen LogP contribution in [0.3, 0.4) is 0 Å². The number of aryl methyl sites for hydroxylation is 1. The van der Waals surface area contributed by atoms with Gasteiger partial charge in [-0.1, -0.05) is 25.1 Å². The van der Waals surface area contributed by atoms with E-state index in [1.807, 2.05) is 0 Å². The average Bonchev–Trinajstić information content (AvgIpc) is 3.29. The van der Waals surface area contributed by atoms with Gasteiger partial charge in [0.05, 0.1) is 17.7 Å². The van der Waals surface area contributed by atoms with Crippen LogP contribution in [0.2, 0.25) is 0 Å². The van der Waals surface area contributed by atoms with Gasteiger partial charge in [-0.15, -0.1) is 11.3 Å². The highest BCUT2D eigenvalue weighted by atomic mass is 32.2. The fraction of sp³-hybridized carbons (Fsp3) is 0.680. The van der Waals surface area contributed by atoms with Crippen molar-refractivity contribution in [2.75, 3.05) is 11.9 Å². The fourth-order valence-corrected chi connectivity index (χ4v) is 8.86. The molecule has 4 bridgehead atoms. The second-order valence-corrected chi connectivity index (χ2v) is 12.7. The number of nitrogens with zero attached hydrogens (tertiary/aromatic N) is 1. The number of anilines is 1. The molecule has 1 unspecified atom stereocenters. The maximum Gasteiger partial charge on any atom is 0.341 e. The van der Waals surface area contributed by atoms with Crippen molar-refractivity contribution in [1.82, 2.24) is 5.32 Å². The standard InChI is InChI=1S/C25H33N3O4S2/c1-3-5-17-9-18(23(31)32-4-2)22(33-17)26-20(29)10-19-21(30)27-24(34-19)28-25-11-14-6-15(12-25)8-16(7-14)13-25/h9,14-16,19H,3-8,10-13H2,1-2H3,(H,26,29)(H,27,28,30). The summed E-state index contributed by atoms with van der Waals surface area (Å²) in [6.45, 7) is 4.10. The van der Waals surface area contributed by atoms with Gasteiger partial charge in [-0.05, 0) is 75.7 Å².